The average molecular weight is 294 g/mol. The molecule has 5 nitrogen and oxygen atoms in total. The lowest BCUT2D eigenvalue weighted by Gasteiger charge is -2.14. The normalized spacial score (nSPS) is 19.0. The highest BCUT2D eigenvalue weighted by Crippen LogP contribution is 2.23. The van der Waals surface area contributed by atoms with E-state index in [1.54, 1.807) is 0 Å². The zero-order chi connectivity index (χ0) is 14.9. The van der Waals surface area contributed by atoms with Gasteiger partial charge >= 0.3 is 0 Å². The largest absolute Gasteiger partial charge is 0.392 e. The van der Waals surface area contributed by atoms with E-state index in [1.165, 1.54) is 0 Å². The second kappa shape index (κ2) is 5.51. The van der Waals surface area contributed by atoms with Gasteiger partial charge in [-0.05, 0) is 12.0 Å². The van der Waals surface area contributed by atoms with Gasteiger partial charge in [-0.25, -0.2) is 9.50 Å². The molecule has 4 rings (SSSR count). The van der Waals surface area contributed by atoms with E-state index in [0.29, 0.717) is 0 Å². The van der Waals surface area contributed by atoms with Crippen LogP contribution in [0.1, 0.15) is 12.0 Å². The number of β-amino-alcohol motifs (C(OH)–C–C–N with tert-alkyl or cyclic N) is 1. The topological polar surface area (TPSA) is 53.7 Å². The molecule has 1 aliphatic heterocycles. The molecule has 1 N–H and O–H groups in total. The van der Waals surface area contributed by atoms with E-state index in [0.717, 1.165) is 48.4 Å². The first kappa shape index (κ1) is 13.4. The van der Waals surface area contributed by atoms with Crippen molar-refractivity contribution in [2.75, 3.05) is 13.1 Å². The zero-order valence-electron chi connectivity index (χ0n) is 12.3. The summed E-state index contributed by atoms with van der Waals surface area (Å²) >= 11 is 0. The molecular formula is C17H18N4O. The van der Waals surface area contributed by atoms with E-state index in [-0.39, 0.29) is 6.10 Å². The highest BCUT2D eigenvalue weighted by Gasteiger charge is 2.20. The van der Waals surface area contributed by atoms with Gasteiger partial charge in [0, 0.05) is 43.2 Å². The molecule has 1 aromatic carbocycles. The van der Waals surface area contributed by atoms with Gasteiger partial charge in [0.2, 0.25) is 0 Å². The van der Waals surface area contributed by atoms with Gasteiger partial charge < -0.3 is 5.11 Å². The lowest BCUT2D eigenvalue weighted by Crippen LogP contribution is -2.21. The first-order valence-electron chi connectivity index (χ1n) is 7.58. The van der Waals surface area contributed by atoms with Crippen LogP contribution < -0.4 is 0 Å². The molecule has 112 valence electrons. The average Bonchev–Trinajstić information content (AvgIpc) is 3.14. The number of aliphatic hydroxyl groups is 1. The fourth-order valence-corrected chi connectivity index (χ4v) is 3.03. The minimum absolute atomic E-state index is 0.189. The number of aliphatic hydroxyl groups excluding tert-OH is 1. The summed E-state index contributed by atoms with van der Waals surface area (Å²) in [6, 6.07) is 10.2. The van der Waals surface area contributed by atoms with Crippen molar-refractivity contribution in [1.82, 2.24) is 19.5 Å². The van der Waals surface area contributed by atoms with Crippen LogP contribution in [0.3, 0.4) is 0 Å². The first-order valence-corrected chi connectivity index (χ1v) is 7.58. The predicted molar refractivity (Wildman–Crippen MR) is 84.3 cm³/mol. The summed E-state index contributed by atoms with van der Waals surface area (Å²) in [6.07, 6.45) is 6.47. The van der Waals surface area contributed by atoms with E-state index in [1.807, 2.05) is 41.3 Å². The second-order valence-electron chi connectivity index (χ2n) is 5.83. The molecule has 1 atom stereocenters. The van der Waals surface area contributed by atoms with Crippen LogP contribution in [0.25, 0.3) is 16.8 Å². The number of hydrogen-bond acceptors (Lipinski definition) is 4. The third kappa shape index (κ3) is 2.49. The van der Waals surface area contributed by atoms with Crippen molar-refractivity contribution in [3.8, 4) is 11.1 Å². The van der Waals surface area contributed by atoms with Crippen LogP contribution in [0.5, 0.6) is 0 Å². The van der Waals surface area contributed by atoms with Crippen LogP contribution in [0, 0.1) is 0 Å². The van der Waals surface area contributed by atoms with Crippen molar-refractivity contribution in [2.45, 2.75) is 19.1 Å². The minimum Gasteiger partial charge on any atom is -0.392 e. The fourth-order valence-electron chi connectivity index (χ4n) is 3.03. The lowest BCUT2D eigenvalue weighted by molar-refractivity contribution is 0.174. The van der Waals surface area contributed by atoms with Gasteiger partial charge in [0.1, 0.15) is 0 Å². The SMILES string of the molecule is O[C@H]1CCN(Cc2cnc3c(-c4ccccc4)cnn3c2)C1. The van der Waals surface area contributed by atoms with Gasteiger partial charge in [0.15, 0.2) is 5.65 Å². The number of fused-ring (bicyclic) bond motifs is 1. The Morgan fingerprint density at radius 2 is 2.05 bits per heavy atom. The van der Waals surface area contributed by atoms with Crippen molar-refractivity contribution in [2.24, 2.45) is 0 Å². The first-order chi connectivity index (χ1) is 10.8. The van der Waals surface area contributed by atoms with Crippen molar-refractivity contribution < 1.29 is 5.11 Å². The van der Waals surface area contributed by atoms with Crippen LogP contribution in [-0.4, -0.2) is 43.8 Å². The van der Waals surface area contributed by atoms with E-state index >= 15 is 0 Å². The molecule has 0 spiro atoms. The molecule has 22 heavy (non-hydrogen) atoms. The maximum atomic E-state index is 9.60. The fraction of sp³-hybridized carbons (Fsp3) is 0.294. The van der Waals surface area contributed by atoms with Crippen molar-refractivity contribution in [3.63, 3.8) is 0 Å². The molecule has 3 aromatic rings. The molecule has 0 saturated carbocycles. The maximum absolute atomic E-state index is 9.60. The summed E-state index contributed by atoms with van der Waals surface area (Å²) in [5.74, 6) is 0. The van der Waals surface area contributed by atoms with E-state index in [4.69, 9.17) is 0 Å². The van der Waals surface area contributed by atoms with Crippen LogP contribution in [0.15, 0.2) is 48.9 Å². The molecule has 0 radical (unpaired) electrons. The number of benzene rings is 1. The van der Waals surface area contributed by atoms with Crippen molar-refractivity contribution in [3.05, 3.63) is 54.5 Å². The van der Waals surface area contributed by atoms with Crippen LogP contribution in [-0.2, 0) is 6.54 Å². The Balaban J connectivity index is 1.63. The highest BCUT2D eigenvalue weighted by atomic mass is 16.3. The smallest absolute Gasteiger partial charge is 0.162 e. The quantitative estimate of drug-likeness (QED) is 0.802. The standard InChI is InChI=1S/C17H18N4O/c22-15-6-7-20(12-15)10-13-8-18-17-16(9-19-21(17)11-13)14-4-2-1-3-5-14/h1-5,8-9,11,15,22H,6-7,10,12H2/t15-/m0/s1. The van der Waals surface area contributed by atoms with E-state index in [2.05, 4.69) is 27.1 Å². The molecular weight excluding hydrogens is 276 g/mol. The summed E-state index contributed by atoms with van der Waals surface area (Å²) in [6.45, 7) is 2.49. The summed E-state index contributed by atoms with van der Waals surface area (Å²) in [4.78, 5) is 6.84. The molecule has 3 heterocycles. The van der Waals surface area contributed by atoms with E-state index in [9.17, 15) is 5.11 Å². The zero-order valence-corrected chi connectivity index (χ0v) is 12.3. The van der Waals surface area contributed by atoms with E-state index < -0.39 is 0 Å². The van der Waals surface area contributed by atoms with Gasteiger partial charge in [-0.1, -0.05) is 30.3 Å². The van der Waals surface area contributed by atoms with Crippen LogP contribution in [0.4, 0.5) is 0 Å². The number of hydrogen-bond donors (Lipinski definition) is 1. The predicted octanol–water partition coefficient (Wildman–Crippen LogP) is 1.96. The molecule has 0 amide bonds. The van der Waals surface area contributed by atoms with Crippen molar-refractivity contribution in [1.29, 1.82) is 0 Å². The molecule has 0 aliphatic carbocycles. The number of likely N-dealkylation sites (tertiary alicyclic amines) is 1. The Bertz CT molecular complexity index is 784. The van der Waals surface area contributed by atoms with Crippen LogP contribution in [0.2, 0.25) is 0 Å². The van der Waals surface area contributed by atoms with Gasteiger partial charge in [-0.2, -0.15) is 5.10 Å². The van der Waals surface area contributed by atoms with Gasteiger partial charge in [-0.3, -0.25) is 4.90 Å². The third-order valence-corrected chi connectivity index (χ3v) is 4.15. The molecule has 0 bridgehead atoms. The molecule has 0 unspecified atom stereocenters. The maximum Gasteiger partial charge on any atom is 0.162 e. The molecule has 1 aliphatic rings. The van der Waals surface area contributed by atoms with Gasteiger partial charge in [-0.15, -0.1) is 0 Å². The lowest BCUT2D eigenvalue weighted by atomic mass is 10.1. The third-order valence-electron chi connectivity index (χ3n) is 4.15. The highest BCUT2D eigenvalue weighted by molar-refractivity contribution is 5.76. The Morgan fingerprint density at radius 1 is 1.18 bits per heavy atom. The Morgan fingerprint density at radius 3 is 2.82 bits per heavy atom. The number of aromatic nitrogens is 3. The summed E-state index contributed by atoms with van der Waals surface area (Å²) in [5.41, 5.74) is 4.16. The second-order valence-corrected chi connectivity index (χ2v) is 5.83. The summed E-state index contributed by atoms with van der Waals surface area (Å²) in [7, 11) is 0. The Labute approximate surface area is 128 Å². The Hall–Kier alpha value is -2.24. The summed E-state index contributed by atoms with van der Waals surface area (Å²) in [5, 5.41) is 14.0. The monoisotopic (exact) mass is 294 g/mol. The molecule has 2 aromatic heterocycles. The van der Waals surface area contributed by atoms with Gasteiger partial charge in [0.25, 0.3) is 0 Å². The molecule has 1 saturated heterocycles. The minimum atomic E-state index is -0.189. The van der Waals surface area contributed by atoms with Crippen molar-refractivity contribution >= 4 is 5.65 Å². The van der Waals surface area contributed by atoms with Crippen LogP contribution >= 0.6 is 0 Å². The molecule has 5 heteroatoms. The Kier molecular flexibility index (Phi) is 3.36. The molecule has 1 fully saturated rings. The summed E-state index contributed by atoms with van der Waals surface area (Å²) < 4.78 is 1.84. The number of rotatable bonds is 3. The van der Waals surface area contributed by atoms with Gasteiger partial charge in [0.05, 0.1) is 12.3 Å². The number of nitrogens with zero attached hydrogens (tertiary/aromatic N) is 4.